The predicted octanol–water partition coefficient (Wildman–Crippen LogP) is 7.21. The normalized spacial score (nSPS) is 15.4. The quantitative estimate of drug-likeness (QED) is 0.167. The van der Waals surface area contributed by atoms with Gasteiger partial charge in [-0.1, -0.05) is 58.9 Å². The van der Waals surface area contributed by atoms with Crippen LogP contribution >= 0.6 is 0 Å². The lowest BCUT2D eigenvalue weighted by atomic mass is 10.0. The van der Waals surface area contributed by atoms with E-state index in [-0.39, 0.29) is 17.6 Å². The van der Waals surface area contributed by atoms with Crippen LogP contribution in [-0.2, 0) is 11.8 Å². The van der Waals surface area contributed by atoms with Crippen molar-refractivity contribution in [2.24, 2.45) is 7.05 Å². The molecule has 1 aromatic carbocycles. The van der Waals surface area contributed by atoms with Crippen LogP contribution in [0.4, 0.5) is 4.39 Å². The molecule has 210 valence electrons. The molecule has 0 amide bonds. The van der Waals surface area contributed by atoms with Crippen LogP contribution in [0.25, 0.3) is 33.1 Å². The third-order valence-electron chi connectivity index (χ3n) is 7.26. The molecule has 5 rings (SSSR count). The number of imidazole rings is 1. The van der Waals surface area contributed by atoms with Crippen molar-refractivity contribution in [1.29, 1.82) is 0 Å². The number of hydrogen-bond donors (Lipinski definition) is 0. The van der Waals surface area contributed by atoms with Gasteiger partial charge < -0.3 is 9.47 Å². The molecular formula is C31H41FN4O3. The number of hydrogen-bond acceptors (Lipinski definition) is 5. The lowest BCUT2D eigenvalue weighted by molar-refractivity contribution is 0.0593. The number of benzene rings is 1. The molecule has 0 N–H and O–H groups in total. The van der Waals surface area contributed by atoms with Crippen LogP contribution < -0.4 is 10.4 Å². The number of aryl methyl sites for hydroxylation is 1. The lowest BCUT2D eigenvalue weighted by Gasteiger charge is -2.23. The Morgan fingerprint density at radius 2 is 1.85 bits per heavy atom. The fraction of sp³-hybridized carbons (Fsp3) is 0.516. The minimum atomic E-state index is -0.588. The maximum atomic E-state index is 14.9. The Balaban J connectivity index is 0.000000531. The molecule has 0 aliphatic carbocycles. The van der Waals surface area contributed by atoms with Crippen molar-refractivity contribution in [2.75, 3.05) is 19.8 Å². The first-order valence-electron chi connectivity index (χ1n) is 14.4. The summed E-state index contributed by atoms with van der Waals surface area (Å²) in [6.45, 7) is 8.26. The first kappa shape index (κ1) is 28.7. The van der Waals surface area contributed by atoms with Gasteiger partial charge in [0.15, 0.2) is 0 Å². The van der Waals surface area contributed by atoms with Crippen LogP contribution in [0.15, 0.2) is 41.3 Å². The first-order valence-corrected chi connectivity index (χ1v) is 14.4. The summed E-state index contributed by atoms with van der Waals surface area (Å²) in [6.07, 6.45) is 10.9. The molecule has 4 aromatic rings. The van der Waals surface area contributed by atoms with Crippen molar-refractivity contribution in [1.82, 2.24) is 19.1 Å². The monoisotopic (exact) mass is 536 g/mol. The number of aromatic nitrogens is 4. The van der Waals surface area contributed by atoms with E-state index in [4.69, 9.17) is 9.47 Å². The molecule has 3 aromatic heterocycles. The van der Waals surface area contributed by atoms with Gasteiger partial charge in [0.1, 0.15) is 0 Å². The van der Waals surface area contributed by atoms with Crippen molar-refractivity contribution in [3.63, 3.8) is 0 Å². The van der Waals surface area contributed by atoms with Gasteiger partial charge in [0.25, 0.3) is 0 Å². The topological polar surface area (TPSA) is 71.2 Å². The van der Waals surface area contributed by atoms with Crippen molar-refractivity contribution in [3.05, 3.63) is 53.0 Å². The van der Waals surface area contributed by atoms with E-state index in [0.717, 1.165) is 47.6 Å². The summed E-state index contributed by atoms with van der Waals surface area (Å²) in [7, 11) is 1.75. The zero-order chi connectivity index (χ0) is 27.8. The number of rotatable bonds is 9. The lowest BCUT2D eigenvalue weighted by Crippen LogP contribution is -2.31. The van der Waals surface area contributed by atoms with E-state index in [0.29, 0.717) is 30.9 Å². The Morgan fingerprint density at radius 3 is 2.51 bits per heavy atom. The SMILES string of the molecule is CCCCCC.CCCCOc1ccc(-c2ccc3ncc4c(c3c2)n(C2CCCOC2)c(=O)n4C)c(F)n1. The number of ether oxygens (including phenoxy) is 2. The number of pyridine rings is 2. The van der Waals surface area contributed by atoms with Crippen LogP contribution in [0.3, 0.4) is 0 Å². The number of fused-ring (bicyclic) bond motifs is 3. The van der Waals surface area contributed by atoms with Gasteiger partial charge in [0, 0.05) is 30.7 Å². The Morgan fingerprint density at radius 1 is 1.08 bits per heavy atom. The second kappa shape index (κ2) is 13.7. The van der Waals surface area contributed by atoms with Gasteiger partial charge in [-0.25, -0.2) is 4.79 Å². The summed E-state index contributed by atoms with van der Waals surface area (Å²) in [5, 5.41) is 0.802. The molecule has 39 heavy (non-hydrogen) atoms. The zero-order valence-electron chi connectivity index (χ0n) is 23.7. The average Bonchev–Trinajstić information content (AvgIpc) is 3.22. The van der Waals surface area contributed by atoms with E-state index in [9.17, 15) is 9.18 Å². The fourth-order valence-corrected chi connectivity index (χ4v) is 5.00. The van der Waals surface area contributed by atoms with Crippen LogP contribution in [0, 0.1) is 5.95 Å². The van der Waals surface area contributed by atoms with Gasteiger partial charge in [-0.15, -0.1) is 0 Å². The molecule has 0 bridgehead atoms. The second-order valence-corrected chi connectivity index (χ2v) is 10.2. The van der Waals surface area contributed by atoms with Crippen molar-refractivity contribution >= 4 is 21.9 Å². The number of nitrogens with zero attached hydrogens (tertiary/aromatic N) is 4. The molecule has 0 radical (unpaired) electrons. The number of halogens is 1. The number of unbranched alkanes of at least 4 members (excludes halogenated alkanes) is 4. The molecule has 1 saturated heterocycles. The fourth-order valence-electron chi connectivity index (χ4n) is 5.00. The maximum Gasteiger partial charge on any atom is 0.329 e. The van der Waals surface area contributed by atoms with E-state index >= 15 is 0 Å². The molecule has 4 heterocycles. The zero-order valence-corrected chi connectivity index (χ0v) is 23.7. The van der Waals surface area contributed by atoms with Crippen molar-refractivity contribution in [2.45, 2.75) is 78.2 Å². The summed E-state index contributed by atoms with van der Waals surface area (Å²) in [4.78, 5) is 21.7. The average molecular weight is 537 g/mol. The minimum Gasteiger partial charge on any atom is -0.478 e. The molecule has 1 aliphatic rings. The highest BCUT2D eigenvalue weighted by molar-refractivity contribution is 6.04. The smallest absolute Gasteiger partial charge is 0.329 e. The Kier molecular flexibility index (Phi) is 10.1. The van der Waals surface area contributed by atoms with Crippen LogP contribution in [0.1, 0.15) is 78.2 Å². The highest BCUT2D eigenvalue weighted by atomic mass is 19.1. The summed E-state index contributed by atoms with van der Waals surface area (Å²) in [6, 6.07) is 8.91. The summed E-state index contributed by atoms with van der Waals surface area (Å²) in [5.41, 5.74) is 3.25. The summed E-state index contributed by atoms with van der Waals surface area (Å²) < 4.78 is 29.5. The van der Waals surface area contributed by atoms with E-state index in [1.807, 2.05) is 22.8 Å². The van der Waals surface area contributed by atoms with Gasteiger partial charge in [0.2, 0.25) is 11.8 Å². The van der Waals surface area contributed by atoms with Crippen LogP contribution in [0.5, 0.6) is 5.88 Å². The molecule has 0 spiro atoms. The highest BCUT2D eigenvalue weighted by Gasteiger charge is 2.24. The molecule has 1 aliphatic heterocycles. The minimum absolute atomic E-state index is 0.0397. The van der Waals surface area contributed by atoms with E-state index < -0.39 is 5.95 Å². The third kappa shape index (κ3) is 6.49. The van der Waals surface area contributed by atoms with E-state index in [1.165, 1.54) is 25.7 Å². The molecule has 1 fully saturated rings. The van der Waals surface area contributed by atoms with Crippen LogP contribution in [-0.4, -0.2) is 38.9 Å². The van der Waals surface area contributed by atoms with Gasteiger partial charge in [-0.2, -0.15) is 9.37 Å². The Labute approximate surface area is 230 Å². The maximum absolute atomic E-state index is 14.9. The molecular weight excluding hydrogens is 495 g/mol. The Bertz CT molecular complexity index is 1440. The van der Waals surface area contributed by atoms with Crippen LogP contribution in [0.2, 0.25) is 0 Å². The van der Waals surface area contributed by atoms with E-state index in [2.05, 4.69) is 30.7 Å². The van der Waals surface area contributed by atoms with Gasteiger partial charge in [-0.3, -0.25) is 14.1 Å². The highest BCUT2D eigenvalue weighted by Crippen LogP contribution is 2.32. The predicted molar refractivity (Wildman–Crippen MR) is 155 cm³/mol. The molecule has 0 saturated carbocycles. The van der Waals surface area contributed by atoms with Gasteiger partial charge in [0.05, 0.1) is 42.0 Å². The summed E-state index contributed by atoms with van der Waals surface area (Å²) in [5.74, 6) is -0.307. The van der Waals surface area contributed by atoms with Crippen molar-refractivity contribution in [3.8, 4) is 17.0 Å². The molecule has 8 heteroatoms. The summed E-state index contributed by atoms with van der Waals surface area (Å²) >= 11 is 0. The molecule has 7 nitrogen and oxygen atoms in total. The van der Waals surface area contributed by atoms with Crippen molar-refractivity contribution < 1.29 is 13.9 Å². The first-order chi connectivity index (χ1) is 19.0. The Hall–Kier alpha value is -3.26. The van der Waals surface area contributed by atoms with Gasteiger partial charge >= 0.3 is 5.69 Å². The second-order valence-electron chi connectivity index (χ2n) is 10.2. The largest absolute Gasteiger partial charge is 0.478 e. The third-order valence-corrected chi connectivity index (χ3v) is 7.26. The standard InChI is InChI=1S/C25H27FN4O3.C6H14/c1-3-4-12-33-22-10-8-18(24(26)28-22)16-7-9-20-19(13-16)23-21(14-27-20)29(2)25(31)30(23)17-6-5-11-32-15-17;1-3-5-6-4-2/h7-10,13-14,17H,3-6,11-12,15H2,1-2H3;3-6H2,1-2H3. The molecule has 1 unspecified atom stereocenters. The van der Waals surface area contributed by atoms with E-state index in [1.54, 1.807) is 29.9 Å². The van der Waals surface area contributed by atoms with Gasteiger partial charge in [-0.05, 0) is 43.0 Å². The molecule has 1 atom stereocenters.